The average Bonchev–Trinajstić information content (AvgIpc) is 3.21. The highest BCUT2D eigenvalue weighted by Crippen LogP contribution is 2.44. The maximum Gasteiger partial charge on any atom is 0.237 e. The summed E-state index contributed by atoms with van der Waals surface area (Å²) in [5.74, 6) is 0.663. The third-order valence-corrected chi connectivity index (χ3v) is 5.94. The molecule has 4 aromatic rings. The van der Waals surface area contributed by atoms with Gasteiger partial charge < -0.3 is 11.1 Å². The van der Waals surface area contributed by atoms with Gasteiger partial charge in [-0.1, -0.05) is 12.5 Å². The van der Waals surface area contributed by atoms with Crippen molar-refractivity contribution in [3.63, 3.8) is 0 Å². The summed E-state index contributed by atoms with van der Waals surface area (Å²) in [6, 6.07) is 7.58. The fraction of sp³-hybridized carbons (Fsp3) is 0.217. The molecule has 9 heteroatoms. The molecule has 0 aliphatic heterocycles. The van der Waals surface area contributed by atoms with E-state index in [1.807, 2.05) is 37.5 Å². The SMILES string of the molecule is Cn1cc(-c2ccc(NC(=O)C3(c4ccc(-c5cnc(N)nc5)cn4)CCC3)nc2)cn1. The lowest BCUT2D eigenvalue weighted by Gasteiger charge is -2.39. The molecule has 0 unspecified atom stereocenters. The van der Waals surface area contributed by atoms with Crippen LogP contribution in [0.25, 0.3) is 22.3 Å². The highest BCUT2D eigenvalue weighted by molar-refractivity contribution is 5.99. The predicted octanol–water partition coefficient (Wildman–Crippen LogP) is 2.98. The molecule has 1 amide bonds. The fourth-order valence-electron chi connectivity index (χ4n) is 3.91. The number of pyridine rings is 2. The second-order valence-electron chi connectivity index (χ2n) is 7.99. The highest BCUT2D eigenvalue weighted by Gasteiger charge is 2.47. The molecule has 0 aromatic carbocycles. The van der Waals surface area contributed by atoms with E-state index in [1.165, 1.54) is 0 Å². The summed E-state index contributed by atoms with van der Waals surface area (Å²) in [5.41, 5.74) is 9.29. The van der Waals surface area contributed by atoms with Crippen molar-refractivity contribution in [2.75, 3.05) is 11.1 Å². The minimum atomic E-state index is -0.639. The number of aromatic nitrogens is 6. The minimum absolute atomic E-state index is 0.0820. The van der Waals surface area contributed by atoms with Gasteiger partial charge in [-0.05, 0) is 31.0 Å². The third-order valence-electron chi connectivity index (χ3n) is 5.94. The van der Waals surface area contributed by atoms with E-state index in [0.717, 1.165) is 47.2 Å². The average molecular weight is 426 g/mol. The molecule has 1 aliphatic rings. The Balaban J connectivity index is 1.33. The number of carbonyl (C=O) groups excluding carboxylic acids is 1. The summed E-state index contributed by atoms with van der Waals surface area (Å²) in [7, 11) is 1.87. The van der Waals surface area contributed by atoms with Crippen LogP contribution in [0.3, 0.4) is 0 Å². The maximum absolute atomic E-state index is 13.2. The van der Waals surface area contributed by atoms with Crippen molar-refractivity contribution in [1.82, 2.24) is 29.7 Å². The van der Waals surface area contributed by atoms with Gasteiger partial charge in [-0.2, -0.15) is 5.10 Å². The molecule has 3 N–H and O–H groups in total. The van der Waals surface area contributed by atoms with Crippen molar-refractivity contribution >= 4 is 17.7 Å². The molecule has 0 atom stereocenters. The Hall–Kier alpha value is -4.14. The van der Waals surface area contributed by atoms with Crippen LogP contribution in [-0.4, -0.2) is 35.6 Å². The molecule has 4 heterocycles. The first kappa shape index (κ1) is 19.8. The van der Waals surface area contributed by atoms with Gasteiger partial charge in [0.15, 0.2) is 0 Å². The fourth-order valence-corrected chi connectivity index (χ4v) is 3.91. The van der Waals surface area contributed by atoms with E-state index >= 15 is 0 Å². The number of hydrogen-bond acceptors (Lipinski definition) is 7. The Labute approximate surface area is 184 Å². The number of nitrogens with two attached hydrogens (primary N) is 1. The zero-order valence-electron chi connectivity index (χ0n) is 17.6. The molecule has 0 radical (unpaired) electrons. The summed E-state index contributed by atoms with van der Waals surface area (Å²) in [6.07, 6.45) is 13.0. The quantitative estimate of drug-likeness (QED) is 0.503. The van der Waals surface area contributed by atoms with E-state index in [0.29, 0.717) is 5.82 Å². The number of amides is 1. The Morgan fingerprint density at radius 2 is 1.59 bits per heavy atom. The Morgan fingerprint density at radius 3 is 2.16 bits per heavy atom. The smallest absolute Gasteiger partial charge is 0.237 e. The molecule has 0 bridgehead atoms. The van der Waals surface area contributed by atoms with E-state index in [9.17, 15) is 4.79 Å². The second-order valence-corrected chi connectivity index (χ2v) is 7.99. The van der Waals surface area contributed by atoms with E-state index in [1.54, 1.807) is 35.7 Å². The lowest BCUT2D eigenvalue weighted by molar-refractivity contribution is -0.124. The number of nitrogen functional groups attached to an aromatic ring is 1. The first-order valence-corrected chi connectivity index (χ1v) is 10.3. The Bertz CT molecular complexity index is 1240. The summed E-state index contributed by atoms with van der Waals surface area (Å²) >= 11 is 0. The number of anilines is 2. The zero-order valence-corrected chi connectivity index (χ0v) is 17.6. The molecule has 9 nitrogen and oxygen atoms in total. The zero-order chi connectivity index (χ0) is 22.1. The van der Waals surface area contributed by atoms with Crippen LogP contribution in [-0.2, 0) is 17.3 Å². The summed E-state index contributed by atoms with van der Waals surface area (Å²) < 4.78 is 1.74. The first-order valence-electron chi connectivity index (χ1n) is 10.3. The number of rotatable bonds is 5. The van der Waals surface area contributed by atoms with Gasteiger partial charge >= 0.3 is 0 Å². The molecule has 1 saturated carbocycles. The molecule has 5 rings (SSSR count). The van der Waals surface area contributed by atoms with E-state index < -0.39 is 5.41 Å². The maximum atomic E-state index is 13.2. The molecule has 4 aromatic heterocycles. The Morgan fingerprint density at radius 1 is 0.906 bits per heavy atom. The lowest BCUT2D eigenvalue weighted by atomic mass is 9.65. The minimum Gasteiger partial charge on any atom is -0.368 e. The second kappa shape index (κ2) is 7.84. The van der Waals surface area contributed by atoms with Gasteiger partial charge in [0.05, 0.1) is 17.3 Å². The molecular formula is C23H22N8O. The van der Waals surface area contributed by atoms with Gasteiger partial charge in [0.2, 0.25) is 11.9 Å². The van der Waals surface area contributed by atoms with Gasteiger partial charge in [0.1, 0.15) is 5.82 Å². The van der Waals surface area contributed by atoms with Gasteiger partial charge in [-0.25, -0.2) is 15.0 Å². The summed E-state index contributed by atoms with van der Waals surface area (Å²) in [4.78, 5) is 30.3. The van der Waals surface area contributed by atoms with Crippen molar-refractivity contribution < 1.29 is 4.79 Å². The molecule has 32 heavy (non-hydrogen) atoms. The van der Waals surface area contributed by atoms with Crippen molar-refractivity contribution in [3.05, 3.63) is 67.1 Å². The van der Waals surface area contributed by atoms with Crippen molar-refractivity contribution in [1.29, 1.82) is 0 Å². The molecule has 1 fully saturated rings. The normalized spacial score (nSPS) is 14.5. The predicted molar refractivity (Wildman–Crippen MR) is 120 cm³/mol. The van der Waals surface area contributed by atoms with Crippen molar-refractivity contribution in [2.24, 2.45) is 7.05 Å². The number of carbonyl (C=O) groups is 1. The molecule has 160 valence electrons. The number of nitrogens with one attached hydrogen (secondary N) is 1. The largest absolute Gasteiger partial charge is 0.368 e. The van der Waals surface area contributed by atoms with Gasteiger partial charge in [0.25, 0.3) is 0 Å². The van der Waals surface area contributed by atoms with Crippen LogP contribution < -0.4 is 11.1 Å². The van der Waals surface area contributed by atoms with E-state index in [2.05, 4.69) is 30.4 Å². The number of aryl methyl sites for hydroxylation is 1. The molecular weight excluding hydrogens is 404 g/mol. The van der Waals surface area contributed by atoms with Crippen LogP contribution in [0.5, 0.6) is 0 Å². The van der Waals surface area contributed by atoms with E-state index in [4.69, 9.17) is 5.73 Å². The Kier molecular flexibility index (Phi) is 4.85. The van der Waals surface area contributed by atoms with Crippen LogP contribution in [0.15, 0.2) is 61.4 Å². The lowest BCUT2D eigenvalue weighted by Crippen LogP contribution is -2.46. The van der Waals surface area contributed by atoms with Crippen LogP contribution in [0, 0.1) is 0 Å². The number of nitrogens with zero attached hydrogens (tertiary/aromatic N) is 6. The number of hydrogen-bond donors (Lipinski definition) is 2. The van der Waals surface area contributed by atoms with Crippen LogP contribution >= 0.6 is 0 Å². The molecule has 0 spiro atoms. The first-order chi connectivity index (χ1) is 15.5. The van der Waals surface area contributed by atoms with E-state index in [-0.39, 0.29) is 11.9 Å². The van der Waals surface area contributed by atoms with Gasteiger partial charge in [-0.15, -0.1) is 0 Å². The van der Waals surface area contributed by atoms with Crippen molar-refractivity contribution in [3.8, 4) is 22.3 Å². The van der Waals surface area contributed by atoms with Gasteiger partial charge in [0, 0.05) is 60.3 Å². The van der Waals surface area contributed by atoms with Crippen LogP contribution in [0.1, 0.15) is 25.0 Å². The molecule has 0 saturated heterocycles. The highest BCUT2D eigenvalue weighted by atomic mass is 16.2. The van der Waals surface area contributed by atoms with Crippen LogP contribution in [0.4, 0.5) is 11.8 Å². The van der Waals surface area contributed by atoms with Crippen LogP contribution in [0.2, 0.25) is 0 Å². The van der Waals surface area contributed by atoms with Crippen molar-refractivity contribution in [2.45, 2.75) is 24.7 Å². The third kappa shape index (κ3) is 3.58. The topological polar surface area (TPSA) is 124 Å². The standard InChI is InChI=1S/C23H22N8O/c1-31-14-18(13-29-31)16-4-6-20(26-10-16)30-21(32)23(7-2-8-23)19-5-3-15(9-25-19)17-11-27-22(24)28-12-17/h3-6,9-14H,2,7-8H2,1H3,(H2,24,27,28)(H,26,30,32). The molecule has 1 aliphatic carbocycles. The van der Waals surface area contributed by atoms with Gasteiger partial charge in [-0.3, -0.25) is 14.5 Å². The summed E-state index contributed by atoms with van der Waals surface area (Å²) in [6.45, 7) is 0. The monoisotopic (exact) mass is 426 g/mol. The summed E-state index contributed by atoms with van der Waals surface area (Å²) in [5, 5.41) is 7.15.